The van der Waals surface area contributed by atoms with Crippen molar-refractivity contribution in [2.45, 2.75) is 13.3 Å². The fourth-order valence-corrected chi connectivity index (χ4v) is 3.67. The molecule has 138 valence electrons. The number of carbonyl (C=O) groups excluding carboxylic acids is 2. The van der Waals surface area contributed by atoms with Crippen LogP contribution in [-0.2, 0) is 11.2 Å². The quantitative estimate of drug-likeness (QED) is 0.616. The smallest absolute Gasteiger partial charge is 0.341 e. The van der Waals surface area contributed by atoms with Crippen molar-refractivity contribution in [2.24, 2.45) is 0 Å². The zero-order valence-electron chi connectivity index (χ0n) is 14.7. The molecule has 0 spiro atoms. The predicted molar refractivity (Wildman–Crippen MR) is 104 cm³/mol. The fraction of sp³-hybridized carbons (Fsp3) is 0.143. The number of nitrogens with one attached hydrogen (secondary N) is 1. The Morgan fingerprint density at radius 2 is 1.74 bits per heavy atom. The van der Waals surface area contributed by atoms with Gasteiger partial charge < -0.3 is 10.1 Å². The maximum atomic E-state index is 13.9. The van der Waals surface area contributed by atoms with Gasteiger partial charge in [-0.15, -0.1) is 11.3 Å². The molecule has 3 aromatic rings. The summed E-state index contributed by atoms with van der Waals surface area (Å²) >= 11 is 1.28. The second-order valence-corrected chi connectivity index (χ2v) is 6.91. The minimum absolute atomic E-state index is 0.0784. The Morgan fingerprint density at radius 3 is 2.44 bits per heavy atom. The molecular weight excluding hydrogens is 365 g/mol. The van der Waals surface area contributed by atoms with Crippen LogP contribution >= 0.6 is 11.3 Å². The number of carbonyl (C=O) groups is 2. The summed E-state index contributed by atoms with van der Waals surface area (Å²) < 4.78 is 19.0. The van der Waals surface area contributed by atoms with E-state index in [0.29, 0.717) is 11.4 Å². The molecule has 1 N–H and O–H groups in total. The molecular formula is C21H18FNO3S. The Hall–Kier alpha value is -2.99. The lowest BCUT2D eigenvalue weighted by Crippen LogP contribution is -2.15. The highest BCUT2D eigenvalue weighted by molar-refractivity contribution is 7.16. The van der Waals surface area contributed by atoms with Gasteiger partial charge in [-0.3, -0.25) is 4.79 Å². The van der Waals surface area contributed by atoms with E-state index in [9.17, 15) is 14.0 Å². The molecule has 2 aromatic carbocycles. The Kier molecular flexibility index (Phi) is 5.98. The van der Waals surface area contributed by atoms with E-state index in [1.807, 2.05) is 30.3 Å². The number of halogens is 1. The van der Waals surface area contributed by atoms with Crippen molar-refractivity contribution in [1.82, 2.24) is 0 Å². The summed E-state index contributed by atoms with van der Waals surface area (Å²) in [5.41, 5.74) is 1.28. The van der Waals surface area contributed by atoms with Gasteiger partial charge >= 0.3 is 5.97 Å². The van der Waals surface area contributed by atoms with Gasteiger partial charge in [0.05, 0.1) is 17.7 Å². The lowest BCUT2D eigenvalue weighted by atomic mass is 10.1. The van der Waals surface area contributed by atoms with Gasteiger partial charge in [0.1, 0.15) is 10.8 Å². The number of amides is 1. The van der Waals surface area contributed by atoms with Crippen molar-refractivity contribution >= 4 is 28.2 Å². The molecule has 0 fully saturated rings. The van der Waals surface area contributed by atoms with E-state index in [0.717, 1.165) is 10.4 Å². The highest BCUT2D eigenvalue weighted by Crippen LogP contribution is 2.31. The van der Waals surface area contributed by atoms with Crippen LogP contribution < -0.4 is 5.32 Å². The molecule has 3 rings (SSSR count). The molecule has 1 heterocycles. The van der Waals surface area contributed by atoms with Crippen molar-refractivity contribution in [3.05, 3.63) is 88.0 Å². The van der Waals surface area contributed by atoms with Crippen LogP contribution in [0.15, 0.2) is 60.7 Å². The highest BCUT2D eigenvalue weighted by atomic mass is 32.1. The van der Waals surface area contributed by atoms with Gasteiger partial charge in [0.25, 0.3) is 5.91 Å². The average molecular weight is 383 g/mol. The van der Waals surface area contributed by atoms with Crippen molar-refractivity contribution in [3.63, 3.8) is 0 Å². The van der Waals surface area contributed by atoms with Crippen LogP contribution in [-0.4, -0.2) is 18.5 Å². The van der Waals surface area contributed by atoms with Gasteiger partial charge in [-0.2, -0.15) is 0 Å². The molecule has 0 unspecified atom stereocenters. The third kappa shape index (κ3) is 4.60. The van der Waals surface area contributed by atoms with Crippen LogP contribution in [0.4, 0.5) is 9.39 Å². The van der Waals surface area contributed by atoms with Crippen LogP contribution in [0.2, 0.25) is 0 Å². The molecule has 0 aliphatic carbocycles. The van der Waals surface area contributed by atoms with E-state index in [2.05, 4.69) is 5.32 Å². The fourth-order valence-electron chi connectivity index (χ4n) is 2.60. The van der Waals surface area contributed by atoms with Gasteiger partial charge in [-0.1, -0.05) is 42.5 Å². The molecule has 0 saturated carbocycles. The lowest BCUT2D eigenvalue weighted by Gasteiger charge is -2.06. The highest BCUT2D eigenvalue weighted by Gasteiger charge is 2.21. The van der Waals surface area contributed by atoms with Crippen molar-refractivity contribution < 1.29 is 18.7 Å². The first kappa shape index (κ1) is 18.8. The maximum absolute atomic E-state index is 13.9. The number of ether oxygens (including phenoxy) is 1. The number of thiophene rings is 1. The second-order valence-electron chi connectivity index (χ2n) is 5.77. The van der Waals surface area contributed by atoms with E-state index in [1.54, 1.807) is 19.1 Å². The summed E-state index contributed by atoms with van der Waals surface area (Å²) in [6.07, 6.45) is 0.619. The lowest BCUT2D eigenvalue weighted by molar-refractivity contribution is 0.0528. The number of rotatable bonds is 6. The molecule has 1 aromatic heterocycles. The van der Waals surface area contributed by atoms with Crippen molar-refractivity contribution in [3.8, 4) is 0 Å². The molecule has 4 nitrogen and oxygen atoms in total. The molecule has 0 aliphatic heterocycles. The van der Waals surface area contributed by atoms with E-state index in [-0.39, 0.29) is 17.7 Å². The minimum Gasteiger partial charge on any atom is -0.462 e. The molecule has 27 heavy (non-hydrogen) atoms. The van der Waals surface area contributed by atoms with Crippen LogP contribution in [0.3, 0.4) is 0 Å². The van der Waals surface area contributed by atoms with Gasteiger partial charge in [0.15, 0.2) is 0 Å². The monoisotopic (exact) mass is 383 g/mol. The number of anilines is 1. The average Bonchev–Trinajstić information content (AvgIpc) is 3.05. The van der Waals surface area contributed by atoms with Crippen LogP contribution in [0, 0.1) is 5.82 Å². The standard InChI is InChI=1S/C21H18FNO3S/c1-2-26-21(25)17-13-15(12-14-8-4-3-5-9-14)27-20(17)23-19(24)16-10-6-7-11-18(16)22/h3-11,13H,2,12H2,1H3,(H,23,24). The molecule has 0 aliphatic rings. The first-order valence-electron chi connectivity index (χ1n) is 8.48. The summed E-state index contributed by atoms with van der Waals surface area (Å²) in [5.74, 6) is -1.74. The summed E-state index contributed by atoms with van der Waals surface area (Å²) in [5, 5.41) is 3.01. The van der Waals surface area contributed by atoms with Crippen LogP contribution in [0.25, 0.3) is 0 Å². The summed E-state index contributed by atoms with van der Waals surface area (Å²) in [6.45, 7) is 1.94. The van der Waals surface area contributed by atoms with Crippen molar-refractivity contribution in [2.75, 3.05) is 11.9 Å². The van der Waals surface area contributed by atoms with E-state index in [1.165, 1.54) is 29.5 Å². The molecule has 0 atom stereocenters. The van der Waals surface area contributed by atoms with Gasteiger partial charge in [-0.05, 0) is 30.7 Å². The molecule has 0 saturated heterocycles. The first-order valence-corrected chi connectivity index (χ1v) is 9.29. The number of esters is 1. The largest absolute Gasteiger partial charge is 0.462 e. The van der Waals surface area contributed by atoms with Crippen molar-refractivity contribution in [1.29, 1.82) is 0 Å². The van der Waals surface area contributed by atoms with Gasteiger partial charge in [0.2, 0.25) is 0 Å². The number of benzene rings is 2. The summed E-state index contributed by atoms with van der Waals surface area (Å²) in [7, 11) is 0. The molecule has 0 bridgehead atoms. The van der Waals surface area contributed by atoms with Crippen LogP contribution in [0.1, 0.15) is 38.1 Å². The van der Waals surface area contributed by atoms with Gasteiger partial charge in [-0.25, -0.2) is 9.18 Å². The predicted octanol–water partition coefficient (Wildman–Crippen LogP) is 4.91. The number of hydrogen-bond donors (Lipinski definition) is 1. The Balaban J connectivity index is 1.89. The molecule has 0 radical (unpaired) electrons. The Labute approximate surface area is 160 Å². The second kappa shape index (κ2) is 8.60. The summed E-state index contributed by atoms with van der Waals surface area (Å²) in [4.78, 5) is 25.6. The van der Waals surface area contributed by atoms with E-state index in [4.69, 9.17) is 4.74 Å². The molecule has 6 heteroatoms. The minimum atomic E-state index is -0.617. The SMILES string of the molecule is CCOC(=O)c1cc(Cc2ccccc2)sc1NC(=O)c1ccccc1F. The third-order valence-corrected chi connectivity index (χ3v) is 4.90. The van der Waals surface area contributed by atoms with Gasteiger partial charge in [0, 0.05) is 11.3 Å². The molecule has 1 amide bonds. The summed E-state index contributed by atoms with van der Waals surface area (Å²) in [6, 6.07) is 17.2. The third-order valence-electron chi connectivity index (χ3n) is 3.85. The zero-order valence-corrected chi connectivity index (χ0v) is 15.5. The number of hydrogen-bond acceptors (Lipinski definition) is 4. The Morgan fingerprint density at radius 1 is 1.04 bits per heavy atom. The van der Waals surface area contributed by atoms with E-state index < -0.39 is 17.7 Å². The topological polar surface area (TPSA) is 55.4 Å². The van der Waals surface area contributed by atoms with E-state index >= 15 is 0 Å². The normalized spacial score (nSPS) is 10.4. The first-order chi connectivity index (χ1) is 13.1. The Bertz CT molecular complexity index is 953. The van der Waals surface area contributed by atoms with Crippen LogP contribution in [0.5, 0.6) is 0 Å². The maximum Gasteiger partial charge on any atom is 0.341 e. The zero-order chi connectivity index (χ0) is 19.2.